The van der Waals surface area contributed by atoms with Crippen molar-refractivity contribution >= 4 is 10.8 Å². The number of hydrogen-bond donors (Lipinski definition) is 2. The Morgan fingerprint density at radius 2 is 1.52 bits per heavy atom. The van der Waals surface area contributed by atoms with Crippen LogP contribution in [0.5, 0.6) is 5.75 Å². The summed E-state index contributed by atoms with van der Waals surface area (Å²) >= 11 is 0. The van der Waals surface area contributed by atoms with Crippen LogP contribution in [0.3, 0.4) is 0 Å². The maximum absolute atomic E-state index is 10.3. The molecule has 0 aromatic heterocycles. The van der Waals surface area contributed by atoms with Crippen molar-refractivity contribution in [1.29, 1.82) is 0 Å². The number of aliphatic hydroxyl groups is 1. The fourth-order valence-electron chi connectivity index (χ4n) is 2.85. The maximum Gasteiger partial charge on any atom is 0.128 e. The monoisotopic (exact) mass is 278 g/mol. The molecule has 3 rings (SSSR count). The van der Waals surface area contributed by atoms with E-state index in [0.29, 0.717) is 5.56 Å². The molecule has 2 N–H and O–H groups in total. The lowest BCUT2D eigenvalue weighted by molar-refractivity contribution is 0.276. The van der Waals surface area contributed by atoms with E-state index in [4.69, 9.17) is 0 Å². The zero-order valence-electron chi connectivity index (χ0n) is 12.0. The van der Waals surface area contributed by atoms with Crippen molar-refractivity contribution in [2.75, 3.05) is 0 Å². The van der Waals surface area contributed by atoms with Crippen LogP contribution in [0.25, 0.3) is 10.8 Å². The number of aromatic hydroxyl groups is 1. The van der Waals surface area contributed by atoms with E-state index in [1.54, 1.807) is 0 Å². The van der Waals surface area contributed by atoms with E-state index >= 15 is 0 Å². The van der Waals surface area contributed by atoms with Crippen LogP contribution in [0.2, 0.25) is 0 Å². The van der Waals surface area contributed by atoms with Gasteiger partial charge in [-0.2, -0.15) is 0 Å². The van der Waals surface area contributed by atoms with Crippen LogP contribution in [0.4, 0.5) is 0 Å². The molecule has 0 bridgehead atoms. The lowest BCUT2D eigenvalue weighted by Gasteiger charge is -2.18. The Morgan fingerprint density at radius 1 is 0.905 bits per heavy atom. The van der Waals surface area contributed by atoms with Crippen LogP contribution in [-0.2, 0) is 6.61 Å². The minimum Gasteiger partial charge on any atom is -0.507 e. The van der Waals surface area contributed by atoms with Crippen molar-refractivity contribution in [2.24, 2.45) is 0 Å². The Labute approximate surface area is 124 Å². The molecule has 2 heteroatoms. The van der Waals surface area contributed by atoms with Crippen LogP contribution in [-0.4, -0.2) is 10.2 Å². The zero-order valence-corrected chi connectivity index (χ0v) is 12.0. The molecule has 1 atom stereocenters. The van der Waals surface area contributed by atoms with Gasteiger partial charge >= 0.3 is 0 Å². The van der Waals surface area contributed by atoms with Crippen LogP contribution < -0.4 is 0 Å². The Hall–Kier alpha value is -2.32. The highest BCUT2D eigenvalue weighted by Crippen LogP contribution is 2.37. The molecule has 0 aliphatic heterocycles. The first-order chi connectivity index (χ1) is 10.2. The molecular weight excluding hydrogens is 260 g/mol. The summed E-state index contributed by atoms with van der Waals surface area (Å²) < 4.78 is 0. The van der Waals surface area contributed by atoms with Gasteiger partial charge in [0.05, 0.1) is 6.61 Å². The highest BCUT2D eigenvalue weighted by Gasteiger charge is 2.16. The van der Waals surface area contributed by atoms with Gasteiger partial charge in [-0.25, -0.2) is 0 Å². The maximum atomic E-state index is 10.3. The van der Waals surface area contributed by atoms with Crippen LogP contribution in [0.15, 0.2) is 60.7 Å². The molecule has 0 aliphatic carbocycles. The molecule has 0 aliphatic rings. The van der Waals surface area contributed by atoms with Crippen molar-refractivity contribution in [3.63, 3.8) is 0 Å². The third kappa shape index (κ3) is 2.39. The van der Waals surface area contributed by atoms with Crippen molar-refractivity contribution in [1.82, 2.24) is 0 Å². The molecule has 106 valence electrons. The fraction of sp³-hybridized carbons (Fsp3) is 0.158. The van der Waals surface area contributed by atoms with E-state index in [9.17, 15) is 10.2 Å². The largest absolute Gasteiger partial charge is 0.507 e. The zero-order chi connectivity index (χ0) is 14.8. The predicted octanol–water partition coefficient (Wildman–Crippen LogP) is 4.19. The van der Waals surface area contributed by atoms with E-state index in [0.717, 1.165) is 16.3 Å². The Morgan fingerprint density at radius 3 is 2.19 bits per heavy atom. The molecule has 0 saturated carbocycles. The van der Waals surface area contributed by atoms with Crippen LogP contribution in [0, 0.1) is 0 Å². The second kappa shape index (κ2) is 5.58. The van der Waals surface area contributed by atoms with Gasteiger partial charge in [0, 0.05) is 16.9 Å². The lowest BCUT2D eigenvalue weighted by atomic mass is 9.87. The Balaban J connectivity index is 2.25. The number of benzene rings is 3. The summed E-state index contributed by atoms with van der Waals surface area (Å²) in [5.74, 6) is 0.374. The summed E-state index contributed by atoms with van der Waals surface area (Å²) in [6.45, 7) is 1.99. The fourth-order valence-corrected chi connectivity index (χ4v) is 2.85. The number of rotatable bonds is 3. The first kappa shape index (κ1) is 13.7. The first-order valence-corrected chi connectivity index (χ1v) is 7.11. The van der Waals surface area contributed by atoms with Gasteiger partial charge in [0.2, 0.25) is 0 Å². The molecule has 21 heavy (non-hydrogen) atoms. The molecule has 2 nitrogen and oxygen atoms in total. The summed E-state index contributed by atoms with van der Waals surface area (Å²) in [4.78, 5) is 0. The molecule has 0 fully saturated rings. The van der Waals surface area contributed by atoms with Crippen molar-refractivity contribution in [3.8, 4) is 5.75 Å². The van der Waals surface area contributed by atoms with Crippen LogP contribution >= 0.6 is 0 Å². The Bertz CT molecular complexity index is 763. The van der Waals surface area contributed by atoms with Crippen molar-refractivity contribution < 1.29 is 10.2 Å². The first-order valence-electron chi connectivity index (χ1n) is 7.11. The summed E-state index contributed by atoms with van der Waals surface area (Å²) in [6, 6.07) is 20.0. The molecule has 3 aromatic rings. The number of aliphatic hydroxyl groups excluding tert-OH is 1. The SMILES string of the molecule is CC(c1ccccc1)c1cc(CO)c(O)c2ccccc12. The quantitative estimate of drug-likeness (QED) is 0.754. The second-order valence-electron chi connectivity index (χ2n) is 5.31. The molecule has 0 saturated heterocycles. The van der Waals surface area contributed by atoms with Crippen molar-refractivity contribution in [3.05, 3.63) is 77.4 Å². The van der Waals surface area contributed by atoms with Gasteiger partial charge in [0.15, 0.2) is 0 Å². The molecule has 0 radical (unpaired) electrons. The van der Waals surface area contributed by atoms with Gasteiger partial charge in [0.25, 0.3) is 0 Å². The highest BCUT2D eigenvalue weighted by molar-refractivity contribution is 5.92. The van der Waals surface area contributed by atoms with Gasteiger partial charge in [0.1, 0.15) is 5.75 Å². The summed E-state index contributed by atoms with van der Waals surface area (Å²) in [7, 11) is 0. The van der Waals surface area contributed by atoms with E-state index in [2.05, 4.69) is 19.1 Å². The third-order valence-electron chi connectivity index (χ3n) is 4.06. The minimum atomic E-state index is -0.162. The summed E-state index contributed by atoms with van der Waals surface area (Å²) in [5.41, 5.74) is 2.92. The number of phenols is 1. The molecule has 0 spiro atoms. The molecule has 0 heterocycles. The summed E-state index contributed by atoms with van der Waals surface area (Å²) in [6.07, 6.45) is 0. The normalized spacial score (nSPS) is 12.5. The molecule has 0 amide bonds. The van der Waals surface area contributed by atoms with E-state index in [1.165, 1.54) is 5.56 Å². The second-order valence-corrected chi connectivity index (χ2v) is 5.31. The smallest absolute Gasteiger partial charge is 0.128 e. The minimum absolute atomic E-state index is 0.162. The summed E-state index contributed by atoms with van der Waals surface area (Å²) in [5, 5.41) is 21.6. The number of hydrogen-bond acceptors (Lipinski definition) is 2. The van der Waals surface area contributed by atoms with Gasteiger partial charge in [-0.3, -0.25) is 0 Å². The average molecular weight is 278 g/mol. The van der Waals surface area contributed by atoms with E-state index in [-0.39, 0.29) is 18.3 Å². The topological polar surface area (TPSA) is 40.5 Å². The standard InChI is InChI=1S/C19H18O2/c1-13(14-7-3-2-4-8-14)18-11-15(12-20)19(21)17-10-6-5-9-16(17)18/h2-11,13,20-21H,12H2,1H3. The number of fused-ring (bicyclic) bond motifs is 1. The molecule has 3 aromatic carbocycles. The average Bonchev–Trinajstić information content (AvgIpc) is 2.56. The van der Waals surface area contributed by atoms with Gasteiger partial charge in [-0.05, 0) is 22.6 Å². The van der Waals surface area contributed by atoms with Gasteiger partial charge in [-0.15, -0.1) is 0 Å². The van der Waals surface area contributed by atoms with Crippen LogP contribution in [0.1, 0.15) is 29.5 Å². The highest BCUT2D eigenvalue weighted by atomic mass is 16.3. The predicted molar refractivity (Wildman–Crippen MR) is 85.5 cm³/mol. The lowest BCUT2D eigenvalue weighted by Crippen LogP contribution is -1.99. The van der Waals surface area contributed by atoms with Gasteiger partial charge < -0.3 is 10.2 Å². The third-order valence-corrected chi connectivity index (χ3v) is 4.06. The molecular formula is C19H18O2. The van der Waals surface area contributed by atoms with E-state index < -0.39 is 0 Å². The molecule has 1 unspecified atom stereocenters. The Kier molecular flexibility index (Phi) is 3.63. The van der Waals surface area contributed by atoms with Crippen molar-refractivity contribution in [2.45, 2.75) is 19.4 Å². The van der Waals surface area contributed by atoms with E-state index in [1.807, 2.05) is 48.5 Å². The van der Waals surface area contributed by atoms with Gasteiger partial charge in [-0.1, -0.05) is 61.5 Å².